The fourth-order valence-electron chi connectivity index (χ4n) is 2.53. The predicted molar refractivity (Wildman–Crippen MR) is 71.9 cm³/mol. The number of hydrogen-bond acceptors (Lipinski definition) is 2. The van der Waals surface area contributed by atoms with Crippen molar-refractivity contribution in [1.29, 1.82) is 0 Å². The Kier molecular flexibility index (Phi) is 2.71. The summed E-state index contributed by atoms with van der Waals surface area (Å²) in [7, 11) is -3.07. The minimum Gasteiger partial charge on any atom is -0.228 e. The molecule has 0 spiro atoms. The number of sulfone groups is 1. The highest BCUT2D eigenvalue weighted by atomic mass is 32.2. The zero-order chi connectivity index (χ0) is 12.6. The molecule has 1 aliphatic heterocycles. The van der Waals surface area contributed by atoms with Gasteiger partial charge >= 0.3 is 0 Å². The van der Waals surface area contributed by atoms with Gasteiger partial charge in [-0.05, 0) is 17.5 Å². The zero-order valence-corrected chi connectivity index (χ0v) is 10.7. The molecule has 3 heteroatoms. The molecule has 0 bridgehead atoms. The number of hydrogen-bond donors (Lipinski definition) is 0. The molecule has 0 aromatic heterocycles. The second-order valence-electron chi connectivity index (χ2n) is 4.62. The van der Waals surface area contributed by atoms with Crippen LogP contribution >= 0.6 is 0 Å². The third kappa shape index (κ3) is 1.75. The molecule has 1 aliphatic rings. The Balaban J connectivity index is 1.90. The maximum atomic E-state index is 12.4. The van der Waals surface area contributed by atoms with Crippen LogP contribution in [-0.2, 0) is 9.84 Å². The van der Waals surface area contributed by atoms with Gasteiger partial charge in [-0.1, -0.05) is 60.7 Å². The van der Waals surface area contributed by atoms with Crippen molar-refractivity contribution in [2.75, 3.05) is 0 Å². The largest absolute Gasteiger partial charge is 0.228 e. The lowest BCUT2D eigenvalue weighted by atomic mass is 10.0. The lowest BCUT2D eigenvalue weighted by molar-refractivity contribution is 0.516. The lowest BCUT2D eigenvalue weighted by Gasteiger charge is -2.35. The third-order valence-corrected chi connectivity index (χ3v) is 6.08. The van der Waals surface area contributed by atoms with Crippen molar-refractivity contribution in [3.05, 3.63) is 71.8 Å². The first-order valence-electron chi connectivity index (χ1n) is 6.02. The van der Waals surface area contributed by atoms with E-state index in [0.717, 1.165) is 11.1 Å². The van der Waals surface area contributed by atoms with Gasteiger partial charge in [-0.2, -0.15) is 0 Å². The topological polar surface area (TPSA) is 34.1 Å². The Morgan fingerprint density at radius 2 is 1.11 bits per heavy atom. The van der Waals surface area contributed by atoms with Crippen LogP contribution in [0.15, 0.2) is 60.7 Å². The Labute approximate surface area is 107 Å². The Bertz CT molecular complexity index is 581. The van der Waals surface area contributed by atoms with E-state index in [1.165, 1.54) is 0 Å². The monoisotopic (exact) mass is 258 g/mol. The van der Waals surface area contributed by atoms with E-state index in [4.69, 9.17) is 0 Å². The van der Waals surface area contributed by atoms with Gasteiger partial charge in [0.15, 0.2) is 9.84 Å². The van der Waals surface area contributed by atoms with Crippen molar-refractivity contribution in [3.63, 3.8) is 0 Å². The van der Waals surface area contributed by atoms with Crippen molar-refractivity contribution in [3.8, 4) is 0 Å². The van der Waals surface area contributed by atoms with E-state index in [9.17, 15) is 8.42 Å². The predicted octanol–water partition coefficient (Wildman–Crippen LogP) is 3.29. The van der Waals surface area contributed by atoms with E-state index in [0.29, 0.717) is 6.42 Å². The quantitative estimate of drug-likeness (QED) is 0.828. The van der Waals surface area contributed by atoms with E-state index in [2.05, 4.69) is 0 Å². The molecule has 0 aliphatic carbocycles. The fraction of sp³-hybridized carbons (Fsp3) is 0.200. The minimum absolute atomic E-state index is 0.330. The van der Waals surface area contributed by atoms with Gasteiger partial charge in [0.2, 0.25) is 0 Å². The smallest absolute Gasteiger partial charge is 0.164 e. The van der Waals surface area contributed by atoms with Crippen molar-refractivity contribution >= 4 is 9.84 Å². The van der Waals surface area contributed by atoms with Crippen molar-refractivity contribution < 1.29 is 8.42 Å². The molecule has 0 saturated carbocycles. The molecule has 0 unspecified atom stereocenters. The molecule has 2 atom stereocenters. The third-order valence-electron chi connectivity index (χ3n) is 3.56. The summed E-state index contributed by atoms with van der Waals surface area (Å²) in [6, 6.07) is 18.9. The van der Waals surface area contributed by atoms with Gasteiger partial charge in [0.05, 0.1) is 10.5 Å². The van der Waals surface area contributed by atoms with Crippen LogP contribution in [0.1, 0.15) is 28.0 Å². The molecule has 92 valence electrons. The van der Waals surface area contributed by atoms with Gasteiger partial charge in [0, 0.05) is 0 Å². The molecule has 0 radical (unpaired) electrons. The zero-order valence-electron chi connectivity index (χ0n) is 9.86. The Morgan fingerprint density at radius 1 is 0.722 bits per heavy atom. The number of benzene rings is 2. The van der Waals surface area contributed by atoms with Crippen LogP contribution in [-0.4, -0.2) is 8.42 Å². The molecular weight excluding hydrogens is 244 g/mol. The van der Waals surface area contributed by atoms with Crippen LogP contribution in [0.5, 0.6) is 0 Å². The summed E-state index contributed by atoms with van der Waals surface area (Å²) in [4.78, 5) is 0. The highest BCUT2D eigenvalue weighted by Gasteiger charge is 2.47. The fourth-order valence-corrected chi connectivity index (χ4v) is 4.56. The highest BCUT2D eigenvalue weighted by molar-refractivity contribution is 7.93. The molecule has 0 amide bonds. The maximum Gasteiger partial charge on any atom is 0.164 e. The first-order chi connectivity index (χ1) is 8.69. The molecule has 18 heavy (non-hydrogen) atoms. The Morgan fingerprint density at radius 3 is 1.44 bits per heavy atom. The number of rotatable bonds is 2. The second-order valence-corrected chi connectivity index (χ2v) is 6.94. The van der Waals surface area contributed by atoms with Gasteiger partial charge in [-0.15, -0.1) is 0 Å². The van der Waals surface area contributed by atoms with Gasteiger partial charge in [0.25, 0.3) is 0 Å². The average Bonchev–Trinajstić information content (AvgIpc) is 2.40. The summed E-state index contributed by atoms with van der Waals surface area (Å²) >= 11 is 0. The average molecular weight is 258 g/mol. The Hall–Kier alpha value is -1.61. The molecule has 0 N–H and O–H groups in total. The molecule has 3 rings (SSSR count). The van der Waals surface area contributed by atoms with E-state index in [1.54, 1.807) is 0 Å². The van der Waals surface area contributed by atoms with Gasteiger partial charge in [-0.3, -0.25) is 0 Å². The normalized spacial score (nSPS) is 25.3. The second kappa shape index (κ2) is 4.25. The van der Waals surface area contributed by atoms with Crippen LogP contribution in [0, 0.1) is 0 Å². The van der Waals surface area contributed by atoms with E-state index >= 15 is 0 Å². The summed E-state index contributed by atoms with van der Waals surface area (Å²) in [5.41, 5.74) is 1.81. The molecule has 2 aromatic carbocycles. The minimum atomic E-state index is -3.07. The van der Waals surface area contributed by atoms with Gasteiger partial charge < -0.3 is 0 Å². The van der Waals surface area contributed by atoms with Crippen LogP contribution in [0.3, 0.4) is 0 Å². The van der Waals surface area contributed by atoms with Crippen molar-refractivity contribution in [2.24, 2.45) is 0 Å². The molecular formula is C15H14O2S. The highest BCUT2D eigenvalue weighted by Crippen LogP contribution is 2.50. The summed E-state index contributed by atoms with van der Waals surface area (Å²) in [6.07, 6.45) is 0.691. The van der Waals surface area contributed by atoms with Crippen LogP contribution < -0.4 is 0 Å². The standard InChI is InChI=1S/C15H14O2S/c16-18(17)14(12-7-3-1-4-8-12)11-15(18)13-9-5-2-6-10-13/h1-10,14-15H,11H2/t14-,15+. The van der Waals surface area contributed by atoms with Crippen molar-refractivity contribution in [1.82, 2.24) is 0 Å². The SMILES string of the molecule is O=S1(=O)[C@@H](c2ccccc2)C[C@H]1c1ccccc1. The molecule has 1 heterocycles. The van der Waals surface area contributed by atoms with Crippen LogP contribution in [0.25, 0.3) is 0 Å². The first kappa shape index (κ1) is 11.5. The van der Waals surface area contributed by atoms with E-state index < -0.39 is 9.84 Å². The first-order valence-corrected chi connectivity index (χ1v) is 7.63. The van der Waals surface area contributed by atoms with E-state index in [-0.39, 0.29) is 10.5 Å². The van der Waals surface area contributed by atoms with Crippen molar-refractivity contribution in [2.45, 2.75) is 16.9 Å². The molecule has 1 fully saturated rings. The summed E-state index contributed by atoms with van der Waals surface area (Å²) in [5.74, 6) is 0. The summed E-state index contributed by atoms with van der Waals surface area (Å²) in [6.45, 7) is 0. The van der Waals surface area contributed by atoms with E-state index in [1.807, 2.05) is 60.7 Å². The lowest BCUT2D eigenvalue weighted by Crippen LogP contribution is -2.33. The van der Waals surface area contributed by atoms with Gasteiger partial charge in [-0.25, -0.2) is 8.42 Å². The van der Waals surface area contributed by atoms with Crippen LogP contribution in [0.2, 0.25) is 0 Å². The molecule has 2 nitrogen and oxygen atoms in total. The summed E-state index contributed by atoms with van der Waals surface area (Å²) in [5, 5.41) is -0.659. The molecule has 1 saturated heterocycles. The maximum absolute atomic E-state index is 12.4. The summed E-state index contributed by atoms with van der Waals surface area (Å²) < 4.78 is 24.7. The molecule has 2 aromatic rings. The van der Waals surface area contributed by atoms with Gasteiger partial charge in [0.1, 0.15) is 0 Å². The van der Waals surface area contributed by atoms with Crippen LogP contribution in [0.4, 0.5) is 0 Å².